The Morgan fingerprint density at radius 1 is 0.971 bits per heavy atom. The Kier molecular flexibility index (Phi) is 4.63. The molecule has 0 unspecified atom stereocenters. The van der Waals surface area contributed by atoms with E-state index in [-0.39, 0.29) is 16.9 Å². The van der Waals surface area contributed by atoms with E-state index in [1.54, 1.807) is 6.07 Å². The lowest BCUT2D eigenvalue weighted by molar-refractivity contribution is -0.136. The summed E-state index contributed by atoms with van der Waals surface area (Å²) < 4.78 is 0. The summed E-state index contributed by atoms with van der Waals surface area (Å²) in [6, 6.07) is 5.82. The van der Waals surface area contributed by atoms with Crippen LogP contribution in [0.1, 0.15) is 105 Å². The van der Waals surface area contributed by atoms with Crippen LogP contribution in [-0.2, 0) is 11.2 Å². The predicted octanol–water partition coefficient (Wildman–Crippen LogP) is 5.94. The van der Waals surface area contributed by atoms with Crippen LogP contribution in [0.5, 0.6) is 0 Å². The number of nitrogens with one attached hydrogen (secondary N) is 1. The van der Waals surface area contributed by atoms with Crippen LogP contribution in [0, 0.1) is 40.9 Å². The lowest BCUT2D eigenvalue weighted by Gasteiger charge is -2.57. The van der Waals surface area contributed by atoms with Gasteiger partial charge in [-0.1, -0.05) is 13.0 Å². The molecule has 34 heavy (non-hydrogen) atoms. The van der Waals surface area contributed by atoms with Crippen LogP contribution in [0.15, 0.2) is 18.2 Å². The minimum Gasteiger partial charge on any atom is -0.478 e. The monoisotopic (exact) mass is 461 g/mol. The molecular formula is C30H39NO3. The van der Waals surface area contributed by atoms with Crippen molar-refractivity contribution >= 4 is 11.9 Å². The normalized spacial score (nSPS) is 45.9. The lowest BCUT2D eigenvalue weighted by Crippen LogP contribution is -2.61. The second-order valence-electron chi connectivity index (χ2n) is 13.5. The molecule has 0 saturated heterocycles. The average Bonchev–Trinajstić information content (AvgIpc) is 3.14. The first kappa shape index (κ1) is 21.4. The van der Waals surface area contributed by atoms with Gasteiger partial charge in [-0.2, -0.15) is 0 Å². The van der Waals surface area contributed by atoms with Crippen molar-refractivity contribution in [3.05, 3.63) is 34.9 Å². The van der Waals surface area contributed by atoms with Gasteiger partial charge in [0.2, 0.25) is 5.91 Å². The zero-order chi connectivity index (χ0) is 23.2. The fourth-order valence-corrected chi connectivity index (χ4v) is 10.8. The van der Waals surface area contributed by atoms with Crippen LogP contribution in [0.2, 0.25) is 0 Å². The molecular weight excluding hydrogens is 422 g/mol. The number of aryl methyl sites for hydroxylation is 1. The first-order chi connectivity index (χ1) is 16.3. The quantitative estimate of drug-likeness (QED) is 0.585. The molecule has 0 heterocycles. The van der Waals surface area contributed by atoms with Gasteiger partial charge in [0.15, 0.2) is 0 Å². The SMILES string of the molecule is C[C@]12CC[C@@H]3c4ccc(C(=O)O)cc4CC[C@H]3[C@@H]1CC[C@@H]2C(=O)NC12CC3CC(CC(C3)C1)C2. The Morgan fingerprint density at radius 2 is 1.68 bits per heavy atom. The van der Waals surface area contributed by atoms with Crippen molar-refractivity contribution in [3.63, 3.8) is 0 Å². The van der Waals surface area contributed by atoms with Gasteiger partial charge in [-0.05, 0) is 141 Å². The summed E-state index contributed by atoms with van der Waals surface area (Å²) in [6.07, 6.45) is 14.6. The van der Waals surface area contributed by atoms with E-state index in [0.717, 1.165) is 49.9 Å². The minimum absolute atomic E-state index is 0.114. The Labute approximate surface area is 203 Å². The maximum atomic E-state index is 13.9. The number of carbonyl (C=O) groups excluding carboxylic acids is 1. The van der Waals surface area contributed by atoms with Crippen molar-refractivity contribution in [2.75, 3.05) is 0 Å². The van der Waals surface area contributed by atoms with Gasteiger partial charge in [0.05, 0.1) is 5.56 Å². The second kappa shape index (κ2) is 7.34. The van der Waals surface area contributed by atoms with Crippen molar-refractivity contribution in [1.29, 1.82) is 0 Å². The predicted molar refractivity (Wildman–Crippen MR) is 131 cm³/mol. The van der Waals surface area contributed by atoms with E-state index in [9.17, 15) is 14.7 Å². The molecule has 182 valence electrons. The van der Waals surface area contributed by atoms with E-state index in [1.165, 1.54) is 56.1 Å². The maximum Gasteiger partial charge on any atom is 0.335 e. The molecule has 8 rings (SSSR count). The van der Waals surface area contributed by atoms with Gasteiger partial charge >= 0.3 is 5.97 Å². The smallest absolute Gasteiger partial charge is 0.335 e. The van der Waals surface area contributed by atoms with Crippen molar-refractivity contribution in [2.45, 2.75) is 95.4 Å². The Balaban J connectivity index is 1.10. The van der Waals surface area contributed by atoms with Crippen molar-refractivity contribution in [1.82, 2.24) is 5.32 Å². The molecule has 4 bridgehead atoms. The summed E-state index contributed by atoms with van der Waals surface area (Å²) in [5.41, 5.74) is 3.29. The first-order valence-corrected chi connectivity index (χ1v) is 14.0. The number of fused-ring (bicyclic) bond motifs is 5. The molecule has 0 spiro atoms. The second-order valence-corrected chi connectivity index (χ2v) is 13.5. The van der Waals surface area contributed by atoms with Crippen molar-refractivity contribution in [3.8, 4) is 0 Å². The topological polar surface area (TPSA) is 66.4 Å². The third-order valence-corrected chi connectivity index (χ3v) is 11.7. The molecule has 6 fully saturated rings. The fourth-order valence-electron chi connectivity index (χ4n) is 10.8. The van der Waals surface area contributed by atoms with Gasteiger partial charge < -0.3 is 10.4 Å². The summed E-state index contributed by atoms with van der Waals surface area (Å²) in [7, 11) is 0. The van der Waals surface area contributed by atoms with Crippen LogP contribution >= 0.6 is 0 Å². The molecule has 5 atom stereocenters. The van der Waals surface area contributed by atoms with E-state index in [0.29, 0.717) is 29.2 Å². The van der Waals surface area contributed by atoms with E-state index in [2.05, 4.69) is 18.3 Å². The summed E-state index contributed by atoms with van der Waals surface area (Å²) in [4.78, 5) is 25.3. The van der Waals surface area contributed by atoms with Gasteiger partial charge in [0.25, 0.3) is 0 Å². The summed E-state index contributed by atoms with van der Waals surface area (Å²) in [5.74, 6) is 4.09. The third-order valence-electron chi connectivity index (χ3n) is 11.7. The van der Waals surface area contributed by atoms with Crippen molar-refractivity contribution < 1.29 is 14.7 Å². The molecule has 7 aliphatic rings. The summed E-state index contributed by atoms with van der Waals surface area (Å²) in [5, 5.41) is 13.1. The number of hydrogen-bond donors (Lipinski definition) is 2. The number of carboxylic acid groups (broad SMARTS) is 1. The van der Waals surface area contributed by atoms with Gasteiger partial charge in [-0.15, -0.1) is 0 Å². The summed E-state index contributed by atoms with van der Waals surface area (Å²) in [6.45, 7) is 2.44. The molecule has 1 aromatic rings. The molecule has 0 radical (unpaired) electrons. The largest absolute Gasteiger partial charge is 0.478 e. The highest BCUT2D eigenvalue weighted by molar-refractivity contribution is 5.88. The van der Waals surface area contributed by atoms with Gasteiger partial charge in [0, 0.05) is 11.5 Å². The molecule has 4 heteroatoms. The minimum atomic E-state index is -0.829. The van der Waals surface area contributed by atoms with E-state index < -0.39 is 5.97 Å². The highest BCUT2D eigenvalue weighted by Crippen LogP contribution is 2.63. The average molecular weight is 462 g/mol. The standard InChI is InChI=1S/C30H39NO3/c1-29-9-8-23-22-4-3-21(28(33)34)13-20(22)2-5-24(23)25(29)6-7-26(29)27(32)31-30-14-17-10-18(15-30)12-19(11-17)16-30/h3-4,13,17-19,23-26H,2,5-12,14-16H2,1H3,(H,31,32)(H,33,34)/t17?,18?,19?,23-,24-,25+,26-,29+,30?/m1/s1. The van der Waals surface area contributed by atoms with Crippen LogP contribution in [0.3, 0.4) is 0 Å². The number of hydrogen-bond acceptors (Lipinski definition) is 2. The van der Waals surface area contributed by atoms with Gasteiger partial charge in [0.1, 0.15) is 0 Å². The molecule has 1 aromatic carbocycles. The lowest BCUT2D eigenvalue weighted by atomic mass is 9.52. The third kappa shape index (κ3) is 3.09. The number of carbonyl (C=O) groups is 2. The van der Waals surface area contributed by atoms with Crippen LogP contribution < -0.4 is 5.32 Å². The van der Waals surface area contributed by atoms with E-state index in [4.69, 9.17) is 0 Å². The fraction of sp³-hybridized carbons (Fsp3) is 0.733. The molecule has 2 N–H and O–H groups in total. The zero-order valence-electron chi connectivity index (χ0n) is 20.5. The zero-order valence-corrected chi connectivity index (χ0v) is 20.5. The first-order valence-electron chi connectivity index (χ1n) is 14.0. The van der Waals surface area contributed by atoms with E-state index >= 15 is 0 Å². The maximum absolute atomic E-state index is 13.9. The van der Waals surface area contributed by atoms with Gasteiger partial charge in [-0.25, -0.2) is 4.79 Å². The molecule has 4 nitrogen and oxygen atoms in total. The Hall–Kier alpha value is -1.84. The molecule has 7 aliphatic carbocycles. The van der Waals surface area contributed by atoms with Crippen LogP contribution in [0.4, 0.5) is 0 Å². The van der Waals surface area contributed by atoms with Crippen LogP contribution in [-0.4, -0.2) is 22.5 Å². The van der Waals surface area contributed by atoms with Gasteiger partial charge in [-0.3, -0.25) is 4.79 Å². The number of carboxylic acids is 1. The molecule has 1 amide bonds. The number of rotatable bonds is 3. The number of aromatic carboxylic acids is 1. The summed E-state index contributed by atoms with van der Waals surface area (Å²) >= 11 is 0. The highest BCUT2D eigenvalue weighted by Gasteiger charge is 2.58. The Morgan fingerprint density at radius 3 is 2.35 bits per heavy atom. The van der Waals surface area contributed by atoms with Crippen molar-refractivity contribution in [2.24, 2.45) is 40.9 Å². The number of amides is 1. The molecule has 0 aromatic heterocycles. The number of benzene rings is 1. The molecule has 0 aliphatic heterocycles. The molecule has 6 saturated carbocycles. The van der Waals surface area contributed by atoms with Crippen LogP contribution in [0.25, 0.3) is 0 Å². The highest BCUT2D eigenvalue weighted by atomic mass is 16.4. The Bertz CT molecular complexity index is 1010. The van der Waals surface area contributed by atoms with E-state index in [1.807, 2.05) is 6.07 Å².